The predicted molar refractivity (Wildman–Crippen MR) is 93.7 cm³/mol. The van der Waals surface area contributed by atoms with Crippen LogP contribution in [0.25, 0.3) is 0 Å². The standard InChI is InChI=1S/C18H27N3O4/c1-2-7-21(14-4-5-14)11-13-3-6-16(18(23)20-13)17(22)19-10-15-12-24-8-9-25-15/h3,6,14-15H,2,4-5,7-12H2,1H3,(H,19,22)(H,20,23)/t15-/m0/s1. The number of aromatic amines is 1. The van der Waals surface area contributed by atoms with Gasteiger partial charge < -0.3 is 19.8 Å². The number of ether oxygens (including phenoxy) is 2. The molecule has 0 aromatic carbocycles. The minimum absolute atomic E-state index is 0.133. The van der Waals surface area contributed by atoms with E-state index in [1.807, 2.05) is 6.07 Å². The number of carbonyl (C=O) groups is 1. The van der Waals surface area contributed by atoms with Crippen molar-refractivity contribution in [2.24, 2.45) is 0 Å². The Morgan fingerprint density at radius 1 is 1.36 bits per heavy atom. The van der Waals surface area contributed by atoms with Gasteiger partial charge in [-0.3, -0.25) is 14.5 Å². The van der Waals surface area contributed by atoms with Crippen LogP contribution in [0.5, 0.6) is 0 Å². The Morgan fingerprint density at radius 3 is 2.84 bits per heavy atom. The van der Waals surface area contributed by atoms with Gasteiger partial charge in [-0.05, 0) is 37.9 Å². The van der Waals surface area contributed by atoms with Gasteiger partial charge in [0.1, 0.15) is 5.56 Å². The third kappa shape index (κ3) is 5.14. The number of nitrogens with one attached hydrogen (secondary N) is 2. The normalized spacial score (nSPS) is 20.6. The Kier molecular flexibility index (Phi) is 6.23. The summed E-state index contributed by atoms with van der Waals surface area (Å²) >= 11 is 0. The quantitative estimate of drug-likeness (QED) is 0.728. The molecule has 0 unspecified atom stereocenters. The number of nitrogens with zero attached hydrogens (tertiary/aromatic N) is 1. The van der Waals surface area contributed by atoms with Crippen molar-refractivity contribution in [3.8, 4) is 0 Å². The van der Waals surface area contributed by atoms with Crippen molar-refractivity contribution in [3.63, 3.8) is 0 Å². The molecular weight excluding hydrogens is 322 g/mol. The summed E-state index contributed by atoms with van der Waals surface area (Å²) in [5.41, 5.74) is 0.642. The first-order valence-electron chi connectivity index (χ1n) is 9.11. The second kappa shape index (κ2) is 8.60. The maximum absolute atomic E-state index is 12.3. The summed E-state index contributed by atoms with van der Waals surface area (Å²) in [6.45, 7) is 5.83. The number of aromatic nitrogens is 1. The largest absolute Gasteiger partial charge is 0.376 e. The molecule has 7 heteroatoms. The molecule has 1 aliphatic heterocycles. The summed E-state index contributed by atoms with van der Waals surface area (Å²) in [5, 5.41) is 2.74. The number of hydrogen-bond acceptors (Lipinski definition) is 5. The van der Waals surface area contributed by atoms with Crippen molar-refractivity contribution in [2.45, 2.75) is 44.9 Å². The van der Waals surface area contributed by atoms with E-state index in [1.54, 1.807) is 6.07 Å². The van der Waals surface area contributed by atoms with Crippen molar-refractivity contribution >= 4 is 5.91 Å². The van der Waals surface area contributed by atoms with Crippen LogP contribution < -0.4 is 10.9 Å². The molecule has 1 aromatic heterocycles. The van der Waals surface area contributed by atoms with E-state index in [9.17, 15) is 9.59 Å². The molecule has 2 heterocycles. The zero-order valence-corrected chi connectivity index (χ0v) is 14.8. The van der Waals surface area contributed by atoms with Crippen LogP contribution in [0.2, 0.25) is 0 Å². The lowest BCUT2D eigenvalue weighted by molar-refractivity contribution is -0.0855. The molecule has 0 bridgehead atoms. The van der Waals surface area contributed by atoms with Crippen LogP contribution in [0.1, 0.15) is 42.2 Å². The fourth-order valence-electron chi connectivity index (χ4n) is 3.08. The van der Waals surface area contributed by atoms with E-state index in [4.69, 9.17) is 9.47 Å². The van der Waals surface area contributed by atoms with Crippen LogP contribution >= 0.6 is 0 Å². The highest BCUT2D eigenvalue weighted by molar-refractivity contribution is 5.93. The van der Waals surface area contributed by atoms with Gasteiger partial charge in [0.25, 0.3) is 11.5 Å². The van der Waals surface area contributed by atoms with E-state index in [2.05, 4.69) is 22.1 Å². The second-order valence-corrected chi connectivity index (χ2v) is 6.71. The molecular formula is C18H27N3O4. The summed E-state index contributed by atoms with van der Waals surface area (Å²) in [4.78, 5) is 29.7. The highest BCUT2D eigenvalue weighted by Crippen LogP contribution is 2.27. The summed E-state index contributed by atoms with van der Waals surface area (Å²) in [5.74, 6) is -0.380. The van der Waals surface area contributed by atoms with E-state index in [0.29, 0.717) is 32.4 Å². The molecule has 1 aliphatic carbocycles. The molecule has 138 valence electrons. The number of carbonyl (C=O) groups excluding carboxylic acids is 1. The van der Waals surface area contributed by atoms with Crippen LogP contribution in [-0.4, -0.2) is 60.8 Å². The summed E-state index contributed by atoms with van der Waals surface area (Å²) in [6, 6.07) is 4.09. The topological polar surface area (TPSA) is 83.7 Å². The van der Waals surface area contributed by atoms with Gasteiger partial charge in [0, 0.05) is 24.8 Å². The summed E-state index contributed by atoms with van der Waals surface area (Å²) < 4.78 is 10.8. The molecule has 7 nitrogen and oxygen atoms in total. The molecule has 1 amide bonds. The average Bonchev–Trinajstić information content (AvgIpc) is 3.45. The lowest BCUT2D eigenvalue weighted by Gasteiger charge is -2.23. The number of H-pyrrole nitrogens is 1. The van der Waals surface area contributed by atoms with Crippen LogP contribution in [0.3, 0.4) is 0 Å². The monoisotopic (exact) mass is 349 g/mol. The maximum atomic E-state index is 12.3. The summed E-state index contributed by atoms with van der Waals surface area (Å²) in [6.07, 6.45) is 3.40. The first kappa shape index (κ1) is 18.1. The molecule has 25 heavy (non-hydrogen) atoms. The predicted octanol–water partition coefficient (Wildman–Crippen LogP) is 0.895. The average molecular weight is 349 g/mol. The summed E-state index contributed by atoms with van der Waals surface area (Å²) in [7, 11) is 0. The molecule has 2 aliphatic rings. The van der Waals surface area contributed by atoms with Crippen molar-refractivity contribution in [1.82, 2.24) is 15.2 Å². The minimum atomic E-state index is -0.380. The van der Waals surface area contributed by atoms with Crippen molar-refractivity contribution in [1.29, 1.82) is 0 Å². The Morgan fingerprint density at radius 2 is 2.20 bits per heavy atom. The third-order valence-corrected chi connectivity index (χ3v) is 4.54. The molecule has 0 radical (unpaired) electrons. The van der Waals surface area contributed by atoms with Gasteiger partial charge in [0.15, 0.2) is 0 Å². The Labute approximate surface area is 147 Å². The van der Waals surface area contributed by atoms with E-state index in [1.165, 1.54) is 12.8 Å². The number of pyridine rings is 1. The first-order chi connectivity index (χ1) is 12.2. The lowest BCUT2D eigenvalue weighted by Crippen LogP contribution is -2.41. The fraction of sp³-hybridized carbons (Fsp3) is 0.667. The molecule has 2 fully saturated rings. The van der Waals surface area contributed by atoms with Crippen molar-refractivity contribution < 1.29 is 14.3 Å². The van der Waals surface area contributed by atoms with Gasteiger partial charge in [0.05, 0.1) is 25.9 Å². The molecule has 1 saturated heterocycles. The minimum Gasteiger partial charge on any atom is -0.376 e. The van der Waals surface area contributed by atoms with Gasteiger partial charge in [-0.15, -0.1) is 0 Å². The number of amides is 1. The van der Waals surface area contributed by atoms with E-state index >= 15 is 0 Å². The van der Waals surface area contributed by atoms with Gasteiger partial charge in [-0.2, -0.15) is 0 Å². The zero-order valence-electron chi connectivity index (χ0n) is 14.8. The maximum Gasteiger partial charge on any atom is 0.261 e. The Bertz CT molecular complexity index is 635. The van der Waals surface area contributed by atoms with Gasteiger partial charge in [0.2, 0.25) is 0 Å². The molecule has 1 atom stereocenters. The SMILES string of the molecule is CCCN(Cc1ccc(C(=O)NC[C@H]2COCCO2)c(=O)[nH]1)C1CC1. The third-order valence-electron chi connectivity index (χ3n) is 4.54. The number of hydrogen-bond donors (Lipinski definition) is 2. The molecule has 0 spiro atoms. The van der Waals surface area contributed by atoms with E-state index in [-0.39, 0.29) is 23.1 Å². The van der Waals surface area contributed by atoms with Crippen LogP contribution in [0.4, 0.5) is 0 Å². The van der Waals surface area contributed by atoms with E-state index < -0.39 is 0 Å². The zero-order chi connectivity index (χ0) is 17.6. The lowest BCUT2D eigenvalue weighted by atomic mass is 10.2. The Hall–Kier alpha value is -1.70. The smallest absolute Gasteiger partial charge is 0.261 e. The second-order valence-electron chi connectivity index (χ2n) is 6.71. The van der Waals surface area contributed by atoms with Crippen molar-refractivity contribution in [2.75, 3.05) is 32.9 Å². The molecule has 3 rings (SSSR count). The molecule has 1 saturated carbocycles. The van der Waals surface area contributed by atoms with Crippen molar-refractivity contribution in [3.05, 3.63) is 33.7 Å². The van der Waals surface area contributed by atoms with Crippen LogP contribution in [0.15, 0.2) is 16.9 Å². The molecule has 2 N–H and O–H groups in total. The highest BCUT2D eigenvalue weighted by atomic mass is 16.6. The number of rotatable bonds is 8. The highest BCUT2D eigenvalue weighted by Gasteiger charge is 2.28. The van der Waals surface area contributed by atoms with E-state index in [0.717, 1.165) is 25.2 Å². The van der Waals surface area contributed by atoms with Gasteiger partial charge >= 0.3 is 0 Å². The van der Waals surface area contributed by atoms with Crippen LogP contribution in [0, 0.1) is 0 Å². The Balaban J connectivity index is 1.56. The van der Waals surface area contributed by atoms with Crippen LogP contribution in [-0.2, 0) is 16.0 Å². The molecule has 1 aromatic rings. The van der Waals surface area contributed by atoms with Gasteiger partial charge in [-0.25, -0.2) is 0 Å². The van der Waals surface area contributed by atoms with Gasteiger partial charge in [-0.1, -0.05) is 6.92 Å². The fourth-order valence-corrected chi connectivity index (χ4v) is 3.08. The first-order valence-corrected chi connectivity index (χ1v) is 9.11.